The molecule has 1 saturated heterocycles. The van der Waals surface area contributed by atoms with Crippen molar-refractivity contribution >= 4 is 18.3 Å². The number of hydrogen-bond donors (Lipinski definition) is 3. The van der Waals surface area contributed by atoms with Gasteiger partial charge in [-0.1, -0.05) is 0 Å². The number of carbonyl (C=O) groups is 1. The lowest BCUT2D eigenvalue weighted by Crippen LogP contribution is -2.51. The van der Waals surface area contributed by atoms with Gasteiger partial charge in [-0.25, -0.2) is 0 Å². The molecule has 0 aromatic rings. The van der Waals surface area contributed by atoms with Crippen LogP contribution in [-0.2, 0) is 9.53 Å². The number of rotatable bonds is 6. The maximum atomic E-state index is 11.8. The molecule has 0 bridgehead atoms. The predicted octanol–water partition coefficient (Wildman–Crippen LogP) is 0.0639. The van der Waals surface area contributed by atoms with E-state index in [0.717, 1.165) is 19.4 Å². The molecule has 1 heterocycles. The summed E-state index contributed by atoms with van der Waals surface area (Å²) in [6.07, 6.45) is 1.93. The molecule has 0 aromatic carbocycles. The molecule has 1 aliphatic rings. The summed E-state index contributed by atoms with van der Waals surface area (Å²) in [5.41, 5.74) is -0.424. The number of amides is 1. The van der Waals surface area contributed by atoms with Gasteiger partial charge in [0.25, 0.3) is 0 Å². The van der Waals surface area contributed by atoms with E-state index in [9.17, 15) is 9.90 Å². The van der Waals surface area contributed by atoms with Gasteiger partial charge in [-0.15, -0.1) is 12.4 Å². The van der Waals surface area contributed by atoms with Crippen molar-refractivity contribution in [2.75, 3.05) is 26.8 Å². The zero-order chi connectivity index (χ0) is 12.0. The summed E-state index contributed by atoms with van der Waals surface area (Å²) in [7, 11) is 1.55. The Labute approximate surface area is 109 Å². The number of methoxy groups -OCH3 is 1. The Balaban J connectivity index is 0.00000256. The van der Waals surface area contributed by atoms with Crippen molar-refractivity contribution < 1.29 is 14.6 Å². The average Bonchev–Trinajstić information content (AvgIpc) is 2.67. The zero-order valence-electron chi connectivity index (χ0n) is 10.5. The van der Waals surface area contributed by atoms with Crippen LogP contribution < -0.4 is 10.6 Å². The first-order valence-corrected chi connectivity index (χ1v) is 5.79. The summed E-state index contributed by atoms with van der Waals surface area (Å²) in [5.74, 6) is 0.0228. The molecule has 1 rings (SSSR count). The molecule has 1 aliphatic heterocycles. The van der Waals surface area contributed by atoms with Gasteiger partial charge in [0.05, 0.1) is 18.2 Å². The van der Waals surface area contributed by atoms with E-state index in [1.54, 1.807) is 7.11 Å². The maximum Gasteiger partial charge on any atom is 0.240 e. The molecule has 0 aromatic heterocycles. The first kappa shape index (κ1) is 16.6. The van der Waals surface area contributed by atoms with Crippen molar-refractivity contribution in [3.05, 3.63) is 0 Å². The first-order chi connectivity index (χ1) is 7.58. The van der Waals surface area contributed by atoms with Crippen LogP contribution in [0.3, 0.4) is 0 Å². The van der Waals surface area contributed by atoms with Crippen LogP contribution in [0, 0.1) is 0 Å². The van der Waals surface area contributed by atoms with Crippen LogP contribution in [0.2, 0.25) is 0 Å². The summed E-state index contributed by atoms with van der Waals surface area (Å²) in [6.45, 7) is 3.61. The molecular formula is C11H23ClN2O3. The number of halogens is 1. The second-order valence-corrected chi connectivity index (χ2v) is 4.52. The molecule has 2 unspecified atom stereocenters. The maximum absolute atomic E-state index is 11.8. The van der Waals surface area contributed by atoms with E-state index in [0.29, 0.717) is 19.6 Å². The molecule has 2 atom stereocenters. The zero-order valence-corrected chi connectivity index (χ0v) is 11.3. The third-order valence-corrected chi connectivity index (χ3v) is 2.99. The fourth-order valence-electron chi connectivity index (χ4n) is 1.91. The van der Waals surface area contributed by atoms with Crippen LogP contribution in [0.25, 0.3) is 0 Å². The average molecular weight is 267 g/mol. The minimum atomic E-state index is -0.505. The van der Waals surface area contributed by atoms with E-state index < -0.39 is 11.6 Å². The molecule has 1 amide bonds. The summed E-state index contributed by atoms with van der Waals surface area (Å²) in [5, 5.41) is 15.4. The van der Waals surface area contributed by atoms with Gasteiger partial charge in [0.2, 0.25) is 5.91 Å². The van der Waals surface area contributed by atoms with Gasteiger partial charge in [0.15, 0.2) is 0 Å². The molecule has 6 heteroatoms. The van der Waals surface area contributed by atoms with Gasteiger partial charge in [-0.3, -0.25) is 4.79 Å². The van der Waals surface area contributed by atoms with Crippen molar-refractivity contribution in [3.8, 4) is 0 Å². The molecule has 102 valence electrons. The molecule has 0 radical (unpaired) electrons. The second-order valence-electron chi connectivity index (χ2n) is 4.52. The van der Waals surface area contributed by atoms with E-state index in [4.69, 9.17) is 4.74 Å². The number of hydrogen-bond acceptors (Lipinski definition) is 4. The van der Waals surface area contributed by atoms with E-state index in [1.165, 1.54) is 0 Å². The van der Waals surface area contributed by atoms with Gasteiger partial charge in [-0.05, 0) is 32.7 Å². The van der Waals surface area contributed by atoms with Crippen molar-refractivity contribution in [1.29, 1.82) is 0 Å². The molecule has 3 N–H and O–H groups in total. The largest absolute Gasteiger partial charge is 0.391 e. The molecule has 0 aliphatic carbocycles. The minimum Gasteiger partial charge on any atom is -0.391 e. The van der Waals surface area contributed by atoms with Crippen LogP contribution in [0.1, 0.15) is 26.2 Å². The van der Waals surface area contributed by atoms with Crippen LogP contribution in [-0.4, -0.2) is 49.5 Å². The SMILES string of the molecule is COCC(O)CCNC(=O)C1(C)CCCN1.Cl. The highest BCUT2D eigenvalue weighted by Crippen LogP contribution is 2.18. The number of nitrogens with one attached hydrogen (secondary N) is 2. The lowest BCUT2D eigenvalue weighted by atomic mass is 9.99. The Bertz CT molecular complexity index is 233. The van der Waals surface area contributed by atoms with Crippen LogP contribution in [0.15, 0.2) is 0 Å². The topological polar surface area (TPSA) is 70.6 Å². The number of carbonyl (C=O) groups excluding carboxylic acids is 1. The number of ether oxygens (including phenoxy) is 1. The van der Waals surface area contributed by atoms with E-state index in [-0.39, 0.29) is 18.3 Å². The molecule has 17 heavy (non-hydrogen) atoms. The van der Waals surface area contributed by atoms with Crippen LogP contribution in [0.5, 0.6) is 0 Å². The highest BCUT2D eigenvalue weighted by Gasteiger charge is 2.35. The van der Waals surface area contributed by atoms with Gasteiger partial charge in [0, 0.05) is 13.7 Å². The Morgan fingerprint density at radius 3 is 2.88 bits per heavy atom. The predicted molar refractivity (Wildman–Crippen MR) is 68.4 cm³/mol. The Morgan fingerprint density at radius 1 is 1.65 bits per heavy atom. The summed E-state index contributed by atoms with van der Waals surface area (Å²) < 4.78 is 4.81. The number of aliphatic hydroxyl groups is 1. The summed E-state index contributed by atoms with van der Waals surface area (Å²) in [6, 6.07) is 0. The summed E-state index contributed by atoms with van der Waals surface area (Å²) in [4.78, 5) is 11.8. The van der Waals surface area contributed by atoms with E-state index in [1.807, 2.05) is 6.92 Å². The highest BCUT2D eigenvalue weighted by atomic mass is 35.5. The molecule has 5 nitrogen and oxygen atoms in total. The van der Waals surface area contributed by atoms with Crippen molar-refractivity contribution in [2.45, 2.75) is 37.8 Å². The van der Waals surface area contributed by atoms with Crippen molar-refractivity contribution in [1.82, 2.24) is 10.6 Å². The van der Waals surface area contributed by atoms with Crippen LogP contribution in [0.4, 0.5) is 0 Å². The Kier molecular flexibility index (Phi) is 7.70. The lowest BCUT2D eigenvalue weighted by Gasteiger charge is -2.23. The second kappa shape index (κ2) is 7.87. The lowest BCUT2D eigenvalue weighted by molar-refractivity contribution is -0.126. The third-order valence-electron chi connectivity index (χ3n) is 2.99. The fourth-order valence-corrected chi connectivity index (χ4v) is 1.91. The highest BCUT2D eigenvalue weighted by molar-refractivity contribution is 5.86. The molecule has 1 fully saturated rings. The third kappa shape index (κ3) is 5.21. The first-order valence-electron chi connectivity index (χ1n) is 5.79. The standard InChI is InChI=1S/C11H22N2O3.ClH/c1-11(5-3-6-13-11)10(15)12-7-4-9(14)8-16-2;/h9,13-14H,3-8H2,1-2H3,(H,12,15);1H. The normalized spacial score (nSPS) is 25.1. The monoisotopic (exact) mass is 266 g/mol. The van der Waals surface area contributed by atoms with Crippen molar-refractivity contribution in [2.24, 2.45) is 0 Å². The van der Waals surface area contributed by atoms with Crippen molar-refractivity contribution in [3.63, 3.8) is 0 Å². The molecular weight excluding hydrogens is 244 g/mol. The van der Waals surface area contributed by atoms with Gasteiger partial charge in [0.1, 0.15) is 0 Å². The number of aliphatic hydroxyl groups excluding tert-OH is 1. The summed E-state index contributed by atoms with van der Waals surface area (Å²) >= 11 is 0. The van der Waals surface area contributed by atoms with Gasteiger partial charge in [-0.2, -0.15) is 0 Å². The van der Waals surface area contributed by atoms with Gasteiger partial charge >= 0.3 is 0 Å². The van der Waals surface area contributed by atoms with E-state index in [2.05, 4.69) is 10.6 Å². The smallest absolute Gasteiger partial charge is 0.240 e. The minimum absolute atomic E-state index is 0. The Morgan fingerprint density at radius 2 is 2.35 bits per heavy atom. The Hall–Kier alpha value is -0.360. The van der Waals surface area contributed by atoms with Crippen LogP contribution >= 0.6 is 12.4 Å². The van der Waals surface area contributed by atoms with E-state index >= 15 is 0 Å². The molecule has 0 saturated carbocycles. The fraction of sp³-hybridized carbons (Fsp3) is 0.909. The quantitative estimate of drug-likeness (QED) is 0.636. The molecule has 0 spiro atoms. The van der Waals surface area contributed by atoms with Gasteiger partial charge < -0.3 is 20.5 Å².